The van der Waals surface area contributed by atoms with Gasteiger partial charge in [0, 0.05) is 13.1 Å². The van der Waals surface area contributed by atoms with Gasteiger partial charge in [0.1, 0.15) is 5.75 Å². The average molecular weight is 382 g/mol. The van der Waals surface area contributed by atoms with Crippen molar-refractivity contribution in [2.24, 2.45) is 16.5 Å². The smallest absolute Gasteiger partial charge is 0.343 e. The molecule has 1 atom stereocenters. The van der Waals surface area contributed by atoms with E-state index in [1.165, 1.54) is 0 Å². The molecule has 2 rings (SSSR count). The van der Waals surface area contributed by atoms with E-state index in [1.54, 1.807) is 53.4 Å². The van der Waals surface area contributed by atoms with E-state index in [0.717, 1.165) is 5.56 Å². The number of carbonyl (C=O) groups is 2. The van der Waals surface area contributed by atoms with Crippen molar-refractivity contribution < 1.29 is 14.3 Å². The Morgan fingerprint density at radius 2 is 1.57 bits per heavy atom. The molecule has 0 saturated carbocycles. The Kier molecular flexibility index (Phi) is 7.14. The van der Waals surface area contributed by atoms with Crippen molar-refractivity contribution in [3.05, 3.63) is 59.7 Å². The fourth-order valence-corrected chi connectivity index (χ4v) is 2.76. The van der Waals surface area contributed by atoms with E-state index in [-0.39, 0.29) is 17.8 Å². The molecule has 0 aromatic heterocycles. The summed E-state index contributed by atoms with van der Waals surface area (Å²) in [7, 11) is 0. The molecule has 0 bridgehead atoms. The van der Waals surface area contributed by atoms with Crippen LogP contribution in [0.5, 0.6) is 5.75 Å². The second-order valence-electron chi connectivity index (χ2n) is 6.27. The number of aliphatic imine (C=N–C) groups is 1. The summed E-state index contributed by atoms with van der Waals surface area (Å²) in [5.41, 5.74) is 12.4. The monoisotopic (exact) mass is 382 g/mol. The van der Waals surface area contributed by atoms with Crippen molar-refractivity contribution >= 4 is 23.5 Å². The van der Waals surface area contributed by atoms with E-state index >= 15 is 0 Å². The van der Waals surface area contributed by atoms with Crippen molar-refractivity contribution in [3.63, 3.8) is 0 Å². The van der Waals surface area contributed by atoms with Gasteiger partial charge in [0.25, 0.3) is 0 Å². The molecule has 2 aromatic rings. The van der Waals surface area contributed by atoms with Crippen molar-refractivity contribution in [3.8, 4) is 5.75 Å². The van der Waals surface area contributed by atoms with E-state index in [0.29, 0.717) is 30.1 Å². The Balaban J connectivity index is 2.04. The molecule has 1 amide bonds. The largest absolute Gasteiger partial charge is 0.423 e. The number of amides is 1. The number of nitrogens with two attached hydrogens (primary N) is 2. The van der Waals surface area contributed by atoms with Gasteiger partial charge >= 0.3 is 5.97 Å². The zero-order valence-corrected chi connectivity index (χ0v) is 16.4. The topological polar surface area (TPSA) is 111 Å². The number of hydrogen-bond donors (Lipinski definition) is 2. The van der Waals surface area contributed by atoms with Crippen LogP contribution in [0.3, 0.4) is 0 Å². The van der Waals surface area contributed by atoms with Crippen LogP contribution in [0.1, 0.15) is 42.6 Å². The zero-order chi connectivity index (χ0) is 20.7. The minimum atomic E-state index is -0.490. The molecule has 0 spiro atoms. The molecule has 0 aliphatic rings. The number of rotatable bonds is 7. The maximum Gasteiger partial charge on any atom is 0.343 e. The lowest BCUT2D eigenvalue weighted by atomic mass is 9.99. The highest BCUT2D eigenvalue weighted by molar-refractivity contribution is 5.91. The third kappa shape index (κ3) is 5.33. The molecule has 0 aliphatic heterocycles. The first-order valence-electron chi connectivity index (χ1n) is 9.16. The molecular weight excluding hydrogens is 356 g/mol. The highest BCUT2D eigenvalue weighted by Crippen LogP contribution is 2.22. The molecule has 0 saturated heterocycles. The first-order valence-corrected chi connectivity index (χ1v) is 9.16. The summed E-state index contributed by atoms with van der Waals surface area (Å²) in [5.74, 6) is -0.312. The average Bonchev–Trinajstić information content (AvgIpc) is 2.69. The highest BCUT2D eigenvalue weighted by Gasteiger charge is 2.20. The lowest BCUT2D eigenvalue weighted by Crippen LogP contribution is -2.33. The predicted octanol–water partition coefficient (Wildman–Crippen LogP) is 2.78. The zero-order valence-electron chi connectivity index (χ0n) is 16.4. The van der Waals surface area contributed by atoms with Crippen molar-refractivity contribution in [2.75, 3.05) is 13.1 Å². The number of ether oxygens (including phenoxy) is 1. The van der Waals surface area contributed by atoms with Crippen molar-refractivity contribution in [1.82, 2.24) is 4.90 Å². The number of esters is 1. The van der Waals surface area contributed by atoms with E-state index in [2.05, 4.69) is 4.99 Å². The van der Waals surface area contributed by atoms with Crippen LogP contribution in [0.2, 0.25) is 0 Å². The number of nitrogens with zero attached hydrogens (tertiary/aromatic N) is 2. The number of carbonyl (C=O) groups excluding carboxylic acids is 2. The molecule has 0 radical (unpaired) electrons. The number of hydrogen-bond acceptors (Lipinski definition) is 4. The van der Waals surface area contributed by atoms with Gasteiger partial charge in [-0.25, -0.2) is 9.79 Å². The Morgan fingerprint density at radius 3 is 2.07 bits per heavy atom. The molecule has 2 aromatic carbocycles. The first-order chi connectivity index (χ1) is 13.3. The second-order valence-corrected chi connectivity index (χ2v) is 6.27. The highest BCUT2D eigenvalue weighted by atomic mass is 16.5. The molecule has 0 fully saturated rings. The molecule has 7 heteroatoms. The summed E-state index contributed by atoms with van der Waals surface area (Å²) in [5, 5.41) is 0. The Morgan fingerprint density at radius 1 is 1.00 bits per heavy atom. The maximum atomic E-state index is 12.5. The van der Waals surface area contributed by atoms with E-state index in [1.807, 2.05) is 20.8 Å². The molecule has 148 valence electrons. The fourth-order valence-electron chi connectivity index (χ4n) is 2.76. The summed E-state index contributed by atoms with van der Waals surface area (Å²) in [4.78, 5) is 30.4. The quantitative estimate of drug-likeness (QED) is 0.331. The van der Waals surface area contributed by atoms with Crippen LogP contribution in [0.4, 0.5) is 5.69 Å². The number of guanidine groups is 1. The summed E-state index contributed by atoms with van der Waals surface area (Å²) in [6.07, 6.45) is 0. The van der Waals surface area contributed by atoms with Gasteiger partial charge in [-0.05, 0) is 62.7 Å². The van der Waals surface area contributed by atoms with E-state index in [9.17, 15) is 9.59 Å². The Labute approximate surface area is 165 Å². The fraction of sp³-hybridized carbons (Fsp3) is 0.286. The van der Waals surface area contributed by atoms with Crippen LogP contribution in [0.15, 0.2) is 53.5 Å². The lowest BCUT2D eigenvalue weighted by Gasteiger charge is -2.23. The van der Waals surface area contributed by atoms with Crippen LogP contribution >= 0.6 is 0 Å². The minimum Gasteiger partial charge on any atom is -0.423 e. The molecule has 1 unspecified atom stereocenters. The summed E-state index contributed by atoms with van der Waals surface area (Å²) < 4.78 is 5.39. The second kappa shape index (κ2) is 9.55. The maximum absolute atomic E-state index is 12.5. The van der Waals surface area contributed by atoms with E-state index < -0.39 is 5.97 Å². The van der Waals surface area contributed by atoms with Crippen LogP contribution in [0, 0.1) is 0 Å². The van der Waals surface area contributed by atoms with Crippen molar-refractivity contribution in [2.45, 2.75) is 26.7 Å². The van der Waals surface area contributed by atoms with Gasteiger partial charge < -0.3 is 21.1 Å². The van der Waals surface area contributed by atoms with Crippen molar-refractivity contribution in [1.29, 1.82) is 0 Å². The third-order valence-electron chi connectivity index (χ3n) is 4.40. The van der Waals surface area contributed by atoms with Crippen LogP contribution in [-0.4, -0.2) is 35.8 Å². The van der Waals surface area contributed by atoms with Gasteiger partial charge in [-0.15, -0.1) is 0 Å². The van der Waals surface area contributed by atoms with Gasteiger partial charge in [0.05, 0.1) is 17.2 Å². The van der Waals surface area contributed by atoms with Gasteiger partial charge in [0.15, 0.2) is 5.96 Å². The van der Waals surface area contributed by atoms with Gasteiger partial charge in [-0.1, -0.05) is 12.1 Å². The Hall–Kier alpha value is -3.35. The Bertz CT molecular complexity index is 837. The minimum absolute atomic E-state index is 0.0517. The molecule has 7 nitrogen and oxygen atoms in total. The van der Waals surface area contributed by atoms with Crippen LogP contribution < -0.4 is 16.2 Å². The third-order valence-corrected chi connectivity index (χ3v) is 4.40. The van der Waals surface area contributed by atoms with Crippen LogP contribution in [0.25, 0.3) is 0 Å². The molecule has 28 heavy (non-hydrogen) atoms. The molecule has 4 N–H and O–H groups in total. The number of benzene rings is 2. The van der Waals surface area contributed by atoms with Gasteiger partial charge in [-0.2, -0.15) is 0 Å². The first kappa shape index (κ1) is 21.0. The number of likely N-dealkylation sites (N-methyl/N-ethyl adjacent to an activating group) is 1. The normalized spacial score (nSPS) is 11.4. The van der Waals surface area contributed by atoms with E-state index in [4.69, 9.17) is 16.2 Å². The molecular formula is C21H26N4O3. The summed E-state index contributed by atoms with van der Waals surface area (Å²) in [6.45, 7) is 7.15. The predicted molar refractivity (Wildman–Crippen MR) is 110 cm³/mol. The SMILES string of the molecule is CCN(CC)C(=O)C(C)c1ccc(OC(=O)c2ccc(N=C(N)N)cc2)cc1. The molecule has 0 heterocycles. The standard InChI is InChI=1S/C21H26N4O3/c1-4-25(5-2)19(26)14(3)15-8-12-18(13-9-15)28-20(27)16-6-10-17(11-7-16)24-21(22)23/h6-14H,4-5H2,1-3H3,(H4,22,23,24). The van der Waals surface area contributed by atoms with Gasteiger partial charge in [0.2, 0.25) is 5.91 Å². The summed E-state index contributed by atoms with van der Waals surface area (Å²) in [6, 6.07) is 13.4. The summed E-state index contributed by atoms with van der Waals surface area (Å²) >= 11 is 0. The lowest BCUT2D eigenvalue weighted by molar-refractivity contribution is -0.132. The van der Waals surface area contributed by atoms with Gasteiger partial charge in [-0.3, -0.25) is 4.79 Å². The molecule has 0 aliphatic carbocycles. The van der Waals surface area contributed by atoms with Crippen LogP contribution in [-0.2, 0) is 4.79 Å².